The van der Waals surface area contributed by atoms with Crippen molar-refractivity contribution in [1.29, 1.82) is 0 Å². The smallest absolute Gasteiger partial charge is 0.165 e. The third-order valence-electron chi connectivity index (χ3n) is 2.84. The average Bonchev–Trinajstić information content (AvgIpc) is 2.39. The number of nitrogens with one attached hydrogen (secondary N) is 1. The van der Waals surface area contributed by atoms with Gasteiger partial charge in [0.05, 0.1) is 7.11 Å². The van der Waals surface area contributed by atoms with E-state index in [2.05, 4.69) is 39.4 Å². The Morgan fingerprint density at radius 3 is 2.68 bits per heavy atom. The zero-order valence-electron chi connectivity index (χ0n) is 10.8. The van der Waals surface area contributed by atoms with Gasteiger partial charge in [0.25, 0.3) is 0 Å². The average molecular weight is 324 g/mol. The van der Waals surface area contributed by atoms with E-state index in [4.69, 9.17) is 4.74 Å². The molecule has 0 aromatic heterocycles. The van der Waals surface area contributed by atoms with Crippen LogP contribution in [0.3, 0.4) is 0 Å². The molecule has 19 heavy (non-hydrogen) atoms. The maximum atomic E-state index is 13.3. The van der Waals surface area contributed by atoms with Crippen molar-refractivity contribution in [1.82, 2.24) is 0 Å². The van der Waals surface area contributed by atoms with Gasteiger partial charge in [-0.3, -0.25) is 0 Å². The van der Waals surface area contributed by atoms with E-state index in [1.54, 1.807) is 12.1 Å². The minimum absolute atomic E-state index is 0.243. The number of methoxy groups -OCH3 is 1. The number of hydrogen-bond acceptors (Lipinski definition) is 2. The normalized spacial score (nSPS) is 10.3. The fourth-order valence-electron chi connectivity index (χ4n) is 1.76. The maximum Gasteiger partial charge on any atom is 0.165 e. The van der Waals surface area contributed by atoms with Crippen LogP contribution in [-0.2, 0) is 6.54 Å². The Morgan fingerprint density at radius 1 is 1.21 bits per heavy atom. The highest BCUT2D eigenvalue weighted by molar-refractivity contribution is 9.10. The molecule has 0 unspecified atom stereocenters. The molecule has 0 heterocycles. The summed E-state index contributed by atoms with van der Waals surface area (Å²) in [6.07, 6.45) is 0. The standard InChI is InChI=1S/C15H15BrFNO/c1-10-3-4-11(13(16)7-10)9-18-12-5-6-14(17)15(8-12)19-2/h3-8,18H,9H2,1-2H3. The molecule has 2 nitrogen and oxygen atoms in total. The second kappa shape index (κ2) is 6.06. The van der Waals surface area contributed by atoms with Gasteiger partial charge in [-0.05, 0) is 36.2 Å². The molecule has 0 aliphatic rings. The van der Waals surface area contributed by atoms with Crippen molar-refractivity contribution in [2.24, 2.45) is 0 Å². The van der Waals surface area contributed by atoms with Gasteiger partial charge in [0.15, 0.2) is 11.6 Å². The summed E-state index contributed by atoms with van der Waals surface area (Å²) in [5.74, 6) is -0.113. The Hall–Kier alpha value is -1.55. The first-order valence-corrected chi connectivity index (χ1v) is 6.72. The van der Waals surface area contributed by atoms with Crippen LogP contribution in [0.4, 0.5) is 10.1 Å². The summed E-state index contributed by atoms with van der Waals surface area (Å²) in [5.41, 5.74) is 3.18. The predicted octanol–water partition coefficient (Wildman–Crippen LogP) is 4.52. The first kappa shape index (κ1) is 13.9. The quantitative estimate of drug-likeness (QED) is 0.893. The van der Waals surface area contributed by atoms with Crippen LogP contribution in [0.2, 0.25) is 0 Å². The summed E-state index contributed by atoms with van der Waals surface area (Å²) >= 11 is 3.54. The van der Waals surface area contributed by atoms with Crippen LogP contribution >= 0.6 is 15.9 Å². The SMILES string of the molecule is COc1cc(NCc2ccc(C)cc2Br)ccc1F. The molecule has 0 bridgehead atoms. The number of benzene rings is 2. The minimum atomic E-state index is -0.357. The Balaban J connectivity index is 2.10. The molecule has 2 aromatic rings. The minimum Gasteiger partial charge on any atom is -0.494 e. The van der Waals surface area contributed by atoms with Crippen LogP contribution in [-0.4, -0.2) is 7.11 Å². The van der Waals surface area contributed by atoms with Gasteiger partial charge in [-0.1, -0.05) is 28.1 Å². The number of rotatable bonds is 4. The first-order valence-electron chi connectivity index (χ1n) is 5.92. The number of halogens is 2. The highest BCUT2D eigenvalue weighted by Crippen LogP contribution is 2.23. The Kier molecular flexibility index (Phi) is 4.43. The van der Waals surface area contributed by atoms with Crippen molar-refractivity contribution < 1.29 is 9.13 Å². The van der Waals surface area contributed by atoms with Crippen LogP contribution in [0, 0.1) is 12.7 Å². The summed E-state index contributed by atoms with van der Waals surface area (Å²) in [7, 11) is 1.46. The van der Waals surface area contributed by atoms with Gasteiger partial charge < -0.3 is 10.1 Å². The Labute approximate surface area is 120 Å². The second-order valence-corrected chi connectivity index (χ2v) is 5.15. The predicted molar refractivity (Wildman–Crippen MR) is 79.2 cm³/mol. The van der Waals surface area contributed by atoms with Crippen molar-refractivity contribution in [3.8, 4) is 5.75 Å². The third kappa shape index (κ3) is 3.47. The molecule has 1 N–H and O–H groups in total. The Bertz CT molecular complexity index is 586. The zero-order valence-corrected chi connectivity index (χ0v) is 12.4. The molecular weight excluding hydrogens is 309 g/mol. The fraction of sp³-hybridized carbons (Fsp3) is 0.200. The van der Waals surface area contributed by atoms with Crippen molar-refractivity contribution in [3.05, 3.63) is 57.8 Å². The summed E-state index contributed by atoms with van der Waals surface area (Å²) in [6, 6.07) is 10.9. The van der Waals surface area contributed by atoms with E-state index in [9.17, 15) is 4.39 Å². The molecule has 0 fully saturated rings. The molecule has 0 spiro atoms. The lowest BCUT2D eigenvalue weighted by atomic mass is 10.1. The molecular formula is C15H15BrFNO. The number of aryl methyl sites for hydroxylation is 1. The molecule has 2 aromatic carbocycles. The molecule has 2 rings (SSSR count). The van der Waals surface area contributed by atoms with Gasteiger partial charge in [-0.25, -0.2) is 4.39 Å². The van der Waals surface area contributed by atoms with Gasteiger partial charge in [0.1, 0.15) is 0 Å². The molecule has 0 amide bonds. The van der Waals surface area contributed by atoms with Crippen molar-refractivity contribution in [3.63, 3.8) is 0 Å². The number of ether oxygens (including phenoxy) is 1. The molecule has 0 aliphatic heterocycles. The highest BCUT2D eigenvalue weighted by atomic mass is 79.9. The van der Waals surface area contributed by atoms with Crippen LogP contribution in [0.15, 0.2) is 40.9 Å². The first-order chi connectivity index (χ1) is 9.10. The van der Waals surface area contributed by atoms with Gasteiger partial charge >= 0.3 is 0 Å². The van der Waals surface area contributed by atoms with E-state index in [0.717, 1.165) is 15.7 Å². The lowest BCUT2D eigenvalue weighted by Crippen LogP contribution is -2.01. The van der Waals surface area contributed by atoms with E-state index >= 15 is 0 Å². The molecule has 0 saturated heterocycles. The fourth-order valence-corrected chi connectivity index (χ4v) is 2.40. The molecule has 0 atom stereocenters. The van der Waals surface area contributed by atoms with E-state index in [1.807, 2.05) is 6.92 Å². The number of anilines is 1. The van der Waals surface area contributed by atoms with E-state index < -0.39 is 0 Å². The molecule has 4 heteroatoms. The van der Waals surface area contributed by atoms with E-state index in [1.165, 1.54) is 18.7 Å². The zero-order chi connectivity index (χ0) is 13.8. The van der Waals surface area contributed by atoms with Crippen LogP contribution in [0.5, 0.6) is 5.75 Å². The monoisotopic (exact) mass is 323 g/mol. The highest BCUT2D eigenvalue weighted by Gasteiger charge is 2.04. The molecule has 0 aliphatic carbocycles. The molecule has 100 valence electrons. The largest absolute Gasteiger partial charge is 0.494 e. The third-order valence-corrected chi connectivity index (χ3v) is 3.58. The topological polar surface area (TPSA) is 21.3 Å². The Morgan fingerprint density at radius 2 is 2.00 bits per heavy atom. The molecule has 0 saturated carbocycles. The maximum absolute atomic E-state index is 13.3. The van der Waals surface area contributed by atoms with Crippen LogP contribution in [0.1, 0.15) is 11.1 Å². The van der Waals surface area contributed by atoms with Gasteiger partial charge in [0, 0.05) is 22.8 Å². The lowest BCUT2D eigenvalue weighted by molar-refractivity contribution is 0.387. The van der Waals surface area contributed by atoms with Crippen molar-refractivity contribution in [2.75, 3.05) is 12.4 Å². The number of hydrogen-bond donors (Lipinski definition) is 1. The van der Waals surface area contributed by atoms with Gasteiger partial charge in [-0.15, -0.1) is 0 Å². The van der Waals surface area contributed by atoms with E-state index in [0.29, 0.717) is 6.54 Å². The summed E-state index contributed by atoms with van der Waals surface area (Å²) in [5, 5.41) is 3.25. The van der Waals surface area contributed by atoms with Crippen LogP contribution in [0.25, 0.3) is 0 Å². The van der Waals surface area contributed by atoms with Gasteiger partial charge in [0.2, 0.25) is 0 Å². The second-order valence-electron chi connectivity index (χ2n) is 4.30. The summed E-state index contributed by atoms with van der Waals surface area (Å²) in [6.45, 7) is 2.71. The van der Waals surface area contributed by atoms with Gasteiger partial charge in [-0.2, -0.15) is 0 Å². The van der Waals surface area contributed by atoms with Crippen molar-refractivity contribution in [2.45, 2.75) is 13.5 Å². The van der Waals surface area contributed by atoms with Crippen LogP contribution < -0.4 is 10.1 Å². The molecule has 0 radical (unpaired) electrons. The summed E-state index contributed by atoms with van der Waals surface area (Å²) in [4.78, 5) is 0. The van der Waals surface area contributed by atoms with E-state index in [-0.39, 0.29) is 11.6 Å². The summed E-state index contributed by atoms with van der Waals surface area (Å²) < 4.78 is 19.3. The lowest BCUT2D eigenvalue weighted by Gasteiger charge is -2.10. The van der Waals surface area contributed by atoms with Crippen molar-refractivity contribution >= 4 is 21.6 Å².